The first kappa shape index (κ1) is 12.8. The molecule has 88 valence electrons. The zero-order chi connectivity index (χ0) is 12.6. The first-order chi connectivity index (χ1) is 7.99. The van der Waals surface area contributed by atoms with E-state index < -0.39 is 0 Å². The van der Waals surface area contributed by atoms with Crippen LogP contribution in [0.2, 0.25) is 4.34 Å². The molecular formula is C13H10BrClOS. The third-order valence-electron chi connectivity index (χ3n) is 2.51. The molecule has 0 amide bonds. The van der Waals surface area contributed by atoms with Gasteiger partial charge >= 0.3 is 0 Å². The molecular weight excluding hydrogens is 320 g/mol. The average molecular weight is 330 g/mol. The molecule has 1 aromatic heterocycles. The second-order valence-electron chi connectivity index (χ2n) is 3.86. The van der Waals surface area contributed by atoms with Gasteiger partial charge < -0.3 is 0 Å². The molecule has 2 aromatic rings. The molecule has 0 bridgehead atoms. The Bertz CT molecular complexity index is 570. The topological polar surface area (TPSA) is 17.1 Å². The highest BCUT2D eigenvalue weighted by Gasteiger charge is 2.15. The molecule has 1 heterocycles. The van der Waals surface area contributed by atoms with Gasteiger partial charge in [-0.05, 0) is 49.2 Å². The van der Waals surface area contributed by atoms with Gasteiger partial charge in [0.05, 0.1) is 9.21 Å². The van der Waals surface area contributed by atoms with Crippen LogP contribution in [0.5, 0.6) is 0 Å². The zero-order valence-electron chi connectivity index (χ0n) is 9.38. The van der Waals surface area contributed by atoms with Gasteiger partial charge in [-0.25, -0.2) is 0 Å². The zero-order valence-corrected chi connectivity index (χ0v) is 12.5. The molecule has 1 aromatic carbocycles. The van der Waals surface area contributed by atoms with Gasteiger partial charge in [-0.15, -0.1) is 11.3 Å². The summed E-state index contributed by atoms with van der Waals surface area (Å²) in [6.07, 6.45) is 0. The fourth-order valence-corrected chi connectivity index (χ4v) is 3.22. The lowest BCUT2D eigenvalue weighted by molar-refractivity contribution is 0.104. The lowest BCUT2D eigenvalue weighted by Crippen LogP contribution is -2.01. The summed E-state index contributed by atoms with van der Waals surface area (Å²) in [7, 11) is 0. The molecule has 1 nitrogen and oxygen atoms in total. The minimum Gasteiger partial charge on any atom is -0.288 e. The Hall–Kier alpha value is -0.640. The van der Waals surface area contributed by atoms with Crippen LogP contribution < -0.4 is 0 Å². The standard InChI is InChI=1S/C13H10BrClOS/c1-7-5-9(14)3-4-10(7)12(16)11-6-8(2)13(15)17-11/h3-6H,1-2H3. The van der Waals surface area contributed by atoms with Crippen molar-refractivity contribution in [2.45, 2.75) is 13.8 Å². The van der Waals surface area contributed by atoms with Crippen LogP contribution in [0, 0.1) is 13.8 Å². The second-order valence-corrected chi connectivity index (χ2v) is 6.43. The summed E-state index contributed by atoms with van der Waals surface area (Å²) in [6.45, 7) is 3.84. The molecule has 0 unspecified atom stereocenters. The van der Waals surface area contributed by atoms with Gasteiger partial charge in [0.2, 0.25) is 5.78 Å². The summed E-state index contributed by atoms with van der Waals surface area (Å²) in [6, 6.07) is 7.50. The van der Waals surface area contributed by atoms with Crippen molar-refractivity contribution in [3.05, 3.63) is 54.6 Å². The first-order valence-electron chi connectivity index (χ1n) is 5.06. The highest BCUT2D eigenvalue weighted by molar-refractivity contribution is 9.10. The third-order valence-corrected chi connectivity index (χ3v) is 4.56. The summed E-state index contributed by atoms with van der Waals surface area (Å²) in [5, 5.41) is 0. The van der Waals surface area contributed by atoms with Gasteiger partial charge in [0, 0.05) is 10.0 Å². The van der Waals surface area contributed by atoms with Crippen LogP contribution in [0.25, 0.3) is 0 Å². The van der Waals surface area contributed by atoms with E-state index in [1.807, 2.05) is 38.1 Å². The predicted molar refractivity (Wildman–Crippen MR) is 76.4 cm³/mol. The van der Waals surface area contributed by atoms with E-state index in [4.69, 9.17) is 11.6 Å². The van der Waals surface area contributed by atoms with E-state index in [1.165, 1.54) is 11.3 Å². The van der Waals surface area contributed by atoms with Gasteiger partial charge in [-0.2, -0.15) is 0 Å². The lowest BCUT2D eigenvalue weighted by atomic mass is 10.0. The van der Waals surface area contributed by atoms with Gasteiger partial charge in [0.1, 0.15) is 0 Å². The molecule has 0 saturated carbocycles. The quantitative estimate of drug-likeness (QED) is 0.708. The fraction of sp³-hybridized carbons (Fsp3) is 0.154. The number of halogens is 2. The van der Waals surface area contributed by atoms with Crippen molar-refractivity contribution in [2.24, 2.45) is 0 Å². The molecule has 0 saturated heterocycles. The average Bonchev–Trinajstić information content (AvgIpc) is 2.58. The number of hydrogen-bond acceptors (Lipinski definition) is 2. The van der Waals surface area contributed by atoms with E-state index in [0.717, 1.165) is 21.2 Å². The Balaban J connectivity index is 2.43. The number of aryl methyl sites for hydroxylation is 2. The van der Waals surface area contributed by atoms with Gasteiger partial charge in [0.15, 0.2) is 0 Å². The summed E-state index contributed by atoms with van der Waals surface area (Å²) in [4.78, 5) is 13.0. The monoisotopic (exact) mass is 328 g/mol. The van der Waals surface area contributed by atoms with Crippen molar-refractivity contribution in [1.29, 1.82) is 0 Å². The van der Waals surface area contributed by atoms with Crippen molar-refractivity contribution >= 4 is 44.7 Å². The fourth-order valence-electron chi connectivity index (χ4n) is 1.59. The number of thiophene rings is 1. The Kier molecular flexibility index (Phi) is 3.71. The van der Waals surface area contributed by atoms with Crippen LogP contribution in [-0.4, -0.2) is 5.78 Å². The van der Waals surface area contributed by atoms with Gasteiger partial charge in [-0.3, -0.25) is 4.79 Å². The molecule has 4 heteroatoms. The molecule has 0 aliphatic heterocycles. The highest BCUT2D eigenvalue weighted by atomic mass is 79.9. The van der Waals surface area contributed by atoms with Crippen LogP contribution in [-0.2, 0) is 0 Å². The first-order valence-corrected chi connectivity index (χ1v) is 7.04. The summed E-state index contributed by atoms with van der Waals surface area (Å²) < 4.78 is 1.66. The van der Waals surface area contributed by atoms with Crippen LogP contribution in [0.1, 0.15) is 26.4 Å². The van der Waals surface area contributed by atoms with Crippen molar-refractivity contribution in [2.75, 3.05) is 0 Å². The molecule has 0 spiro atoms. The number of rotatable bonds is 2. The number of hydrogen-bond donors (Lipinski definition) is 0. The minimum atomic E-state index is 0.0370. The summed E-state index contributed by atoms with van der Waals surface area (Å²) in [5.74, 6) is 0.0370. The normalized spacial score (nSPS) is 10.6. The molecule has 0 N–H and O–H groups in total. The second kappa shape index (κ2) is 4.92. The van der Waals surface area contributed by atoms with Crippen molar-refractivity contribution in [3.8, 4) is 0 Å². The summed E-state index contributed by atoms with van der Waals surface area (Å²) in [5.41, 5.74) is 2.65. The molecule has 0 radical (unpaired) electrons. The van der Waals surface area contributed by atoms with E-state index in [2.05, 4.69) is 15.9 Å². The smallest absolute Gasteiger partial charge is 0.203 e. The molecule has 0 fully saturated rings. The maximum atomic E-state index is 12.3. The Morgan fingerprint density at radius 3 is 2.47 bits per heavy atom. The highest BCUT2D eigenvalue weighted by Crippen LogP contribution is 2.29. The van der Waals surface area contributed by atoms with Crippen molar-refractivity contribution in [1.82, 2.24) is 0 Å². The third kappa shape index (κ3) is 2.62. The van der Waals surface area contributed by atoms with E-state index >= 15 is 0 Å². The van der Waals surface area contributed by atoms with Crippen LogP contribution in [0.3, 0.4) is 0 Å². The van der Waals surface area contributed by atoms with Crippen molar-refractivity contribution < 1.29 is 4.79 Å². The van der Waals surface area contributed by atoms with Gasteiger partial charge in [0.25, 0.3) is 0 Å². The van der Waals surface area contributed by atoms with Gasteiger partial charge in [-0.1, -0.05) is 27.5 Å². The number of carbonyl (C=O) groups excluding carboxylic acids is 1. The maximum Gasteiger partial charge on any atom is 0.203 e. The largest absolute Gasteiger partial charge is 0.288 e. The molecule has 0 aliphatic rings. The number of ketones is 1. The van der Waals surface area contributed by atoms with E-state index in [1.54, 1.807) is 0 Å². The Morgan fingerprint density at radius 1 is 1.24 bits per heavy atom. The predicted octanol–water partition coefficient (Wildman–Crippen LogP) is 5.01. The number of carbonyl (C=O) groups is 1. The molecule has 0 aliphatic carbocycles. The lowest BCUT2D eigenvalue weighted by Gasteiger charge is -2.03. The minimum absolute atomic E-state index is 0.0370. The van der Waals surface area contributed by atoms with Crippen molar-refractivity contribution in [3.63, 3.8) is 0 Å². The molecule has 0 atom stereocenters. The van der Waals surface area contributed by atoms with Crippen LogP contribution in [0.4, 0.5) is 0 Å². The number of benzene rings is 1. The Labute approximate surface area is 118 Å². The van der Waals surface area contributed by atoms with Crippen LogP contribution in [0.15, 0.2) is 28.7 Å². The van der Waals surface area contributed by atoms with E-state index in [-0.39, 0.29) is 5.78 Å². The summed E-state index contributed by atoms with van der Waals surface area (Å²) >= 11 is 10.7. The molecule has 17 heavy (non-hydrogen) atoms. The van der Waals surface area contributed by atoms with Crippen LogP contribution >= 0.6 is 38.9 Å². The maximum absolute atomic E-state index is 12.3. The molecule has 2 rings (SSSR count). The van der Waals surface area contributed by atoms with E-state index in [9.17, 15) is 4.79 Å². The Morgan fingerprint density at radius 2 is 1.94 bits per heavy atom. The van der Waals surface area contributed by atoms with E-state index in [0.29, 0.717) is 9.21 Å². The SMILES string of the molecule is Cc1cc(Br)ccc1C(=O)c1cc(C)c(Cl)s1.